The molecule has 1 aliphatic rings. The van der Waals surface area contributed by atoms with Gasteiger partial charge in [-0.15, -0.1) is 0 Å². The second-order valence-electron chi connectivity index (χ2n) is 5.96. The van der Waals surface area contributed by atoms with E-state index in [-0.39, 0.29) is 15.0 Å². The van der Waals surface area contributed by atoms with Gasteiger partial charge in [-0.3, -0.25) is 0 Å². The molecule has 3 rings (SSSR count). The zero-order chi connectivity index (χ0) is 17.0. The van der Waals surface area contributed by atoms with Gasteiger partial charge in [-0.25, -0.2) is 0 Å². The van der Waals surface area contributed by atoms with Crippen molar-refractivity contribution >= 4 is 29.4 Å². The Balaban J connectivity index is 1.74. The molecule has 3 nitrogen and oxygen atoms in total. The van der Waals surface area contributed by atoms with Crippen molar-refractivity contribution in [3.8, 4) is 0 Å². The number of rotatable bonds is 4. The Bertz CT molecular complexity index is 814. The van der Waals surface area contributed by atoms with Gasteiger partial charge in [-0.1, -0.05) is 0 Å². The number of sulfonamides is 1. The first-order valence-corrected chi connectivity index (χ1v) is 11.3. The predicted octanol–water partition coefficient (Wildman–Crippen LogP) is 2.69. The molecule has 5 heteroatoms. The number of benzene rings is 2. The third-order valence-electron chi connectivity index (χ3n) is 4.05. The molecule has 0 unspecified atom stereocenters. The van der Waals surface area contributed by atoms with E-state index in [1.807, 2.05) is 37.3 Å². The molecular formula is C19H21NO2SSe. The topological polar surface area (TPSA) is 37.4 Å². The van der Waals surface area contributed by atoms with E-state index in [4.69, 9.17) is 0 Å². The van der Waals surface area contributed by atoms with E-state index < -0.39 is 10.0 Å². The molecule has 0 N–H and O–H groups in total. The van der Waals surface area contributed by atoms with Gasteiger partial charge in [0.25, 0.3) is 0 Å². The molecule has 24 heavy (non-hydrogen) atoms. The van der Waals surface area contributed by atoms with Crippen molar-refractivity contribution < 1.29 is 8.42 Å². The molecule has 0 spiro atoms. The van der Waals surface area contributed by atoms with Gasteiger partial charge in [0.1, 0.15) is 0 Å². The molecule has 1 saturated heterocycles. The first-order valence-electron chi connectivity index (χ1n) is 8.02. The maximum atomic E-state index is 12.8. The van der Waals surface area contributed by atoms with Crippen LogP contribution in [0.5, 0.6) is 0 Å². The van der Waals surface area contributed by atoms with Crippen LogP contribution in [0.1, 0.15) is 18.4 Å². The number of nitrogens with zero attached hydrogens (tertiary/aromatic N) is 1. The molecule has 0 saturated carbocycles. The van der Waals surface area contributed by atoms with Crippen LogP contribution in [0.4, 0.5) is 0 Å². The summed E-state index contributed by atoms with van der Waals surface area (Å²) in [6.45, 7) is 3.08. The van der Waals surface area contributed by atoms with Crippen LogP contribution in [0.2, 0.25) is 0 Å². The van der Waals surface area contributed by atoms with Crippen molar-refractivity contribution in [2.75, 3.05) is 13.1 Å². The van der Waals surface area contributed by atoms with Crippen molar-refractivity contribution in [1.82, 2.24) is 4.31 Å². The molecule has 2 aromatic rings. The second-order valence-corrected chi connectivity index (χ2v) is 9.88. The monoisotopic (exact) mass is 407 g/mol. The predicted molar refractivity (Wildman–Crippen MR) is 99.1 cm³/mol. The molecule has 1 aliphatic heterocycles. The SMILES string of the molecule is Cc1ccc(S(=O)(=O)N2CCC/C(=C/[Se]c3ccccc3)C2)cc1. The second kappa shape index (κ2) is 7.66. The van der Waals surface area contributed by atoms with Crippen LogP contribution in [0, 0.1) is 6.92 Å². The van der Waals surface area contributed by atoms with Crippen molar-refractivity contribution in [3.05, 3.63) is 70.7 Å². The molecule has 2 aromatic carbocycles. The Morgan fingerprint density at radius 2 is 1.75 bits per heavy atom. The van der Waals surface area contributed by atoms with E-state index >= 15 is 0 Å². The summed E-state index contributed by atoms with van der Waals surface area (Å²) in [5.41, 5.74) is 2.31. The molecule has 1 heterocycles. The van der Waals surface area contributed by atoms with E-state index in [2.05, 4.69) is 17.1 Å². The van der Waals surface area contributed by atoms with Gasteiger partial charge in [0.05, 0.1) is 0 Å². The summed E-state index contributed by atoms with van der Waals surface area (Å²) in [7, 11) is -3.40. The van der Waals surface area contributed by atoms with Crippen LogP contribution in [0.3, 0.4) is 0 Å². The third kappa shape index (κ3) is 4.17. The van der Waals surface area contributed by atoms with E-state index in [0.717, 1.165) is 18.4 Å². The molecule has 0 bridgehead atoms. The van der Waals surface area contributed by atoms with Crippen LogP contribution in [-0.2, 0) is 10.0 Å². The van der Waals surface area contributed by atoms with Gasteiger partial charge in [-0.2, -0.15) is 0 Å². The van der Waals surface area contributed by atoms with E-state index in [1.54, 1.807) is 16.4 Å². The van der Waals surface area contributed by atoms with Crippen LogP contribution < -0.4 is 4.46 Å². The average molecular weight is 406 g/mol. The van der Waals surface area contributed by atoms with Gasteiger partial charge in [-0.05, 0) is 0 Å². The Labute approximate surface area is 150 Å². The van der Waals surface area contributed by atoms with Gasteiger partial charge < -0.3 is 0 Å². The minimum absolute atomic E-state index is 0.257. The van der Waals surface area contributed by atoms with Crippen molar-refractivity contribution in [2.24, 2.45) is 0 Å². The van der Waals surface area contributed by atoms with Crippen LogP contribution >= 0.6 is 0 Å². The first-order chi connectivity index (χ1) is 11.6. The standard InChI is InChI=1S/C19H21NO2SSe/c1-16-9-11-18(12-10-16)23(21,22)20-13-5-6-17(14-20)15-24-19-7-3-2-4-8-19/h2-4,7-12,15H,5-6,13-14H2,1H3/b17-15-. The summed E-state index contributed by atoms with van der Waals surface area (Å²) in [5, 5.41) is 0. The Hall–Kier alpha value is -1.39. The van der Waals surface area contributed by atoms with Gasteiger partial charge in [0.15, 0.2) is 0 Å². The molecule has 0 amide bonds. The Morgan fingerprint density at radius 1 is 1.04 bits per heavy atom. The molecule has 0 atom stereocenters. The van der Waals surface area contributed by atoms with Gasteiger partial charge in [0, 0.05) is 0 Å². The van der Waals surface area contributed by atoms with E-state index in [1.165, 1.54) is 10.0 Å². The molecular weight excluding hydrogens is 385 g/mol. The number of hydrogen-bond donors (Lipinski definition) is 0. The third-order valence-corrected chi connectivity index (χ3v) is 8.00. The van der Waals surface area contributed by atoms with Crippen LogP contribution in [-0.4, -0.2) is 40.8 Å². The molecule has 1 fully saturated rings. The molecule has 0 aromatic heterocycles. The minimum atomic E-state index is -3.40. The molecule has 0 aliphatic carbocycles. The zero-order valence-corrected chi connectivity index (χ0v) is 16.2. The summed E-state index contributed by atoms with van der Waals surface area (Å²) in [6, 6.07) is 17.5. The van der Waals surface area contributed by atoms with E-state index in [0.29, 0.717) is 18.0 Å². The van der Waals surface area contributed by atoms with Crippen LogP contribution in [0.15, 0.2) is 70.0 Å². The normalized spacial score (nSPS) is 18.0. The van der Waals surface area contributed by atoms with E-state index in [9.17, 15) is 8.42 Å². The van der Waals surface area contributed by atoms with Gasteiger partial charge in [0.2, 0.25) is 0 Å². The fourth-order valence-corrected chi connectivity index (χ4v) is 5.86. The molecule has 0 radical (unpaired) electrons. The first kappa shape index (κ1) is 17.4. The average Bonchev–Trinajstić information content (AvgIpc) is 2.61. The Kier molecular flexibility index (Phi) is 5.57. The Morgan fingerprint density at radius 3 is 2.46 bits per heavy atom. The van der Waals surface area contributed by atoms with Crippen molar-refractivity contribution in [2.45, 2.75) is 24.7 Å². The summed E-state index contributed by atoms with van der Waals surface area (Å²) < 4.78 is 28.6. The summed E-state index contributed by atoms with van der Waals surface area (Å²) in [4.78, 5) is 2.64. The summed E-state index contributed by atoms with van der Waals surface area (Å²) in [5.74, 6) is 0. The zero-order valence-electron chi connectivity index (χ0n) is 13.7. The molecule has 126 valence electrons. The maximum absolute atomic E-state index is 12.8. The fraction of sp³-hybridized carbons (Fsp3) is 0.263. The number of hydrogen-bond acceptors (Lipinski definition) is 2. The number of piperidine rings is 1. The summed E-state index contributed by atoms with van der Waals surface area (Å²) >= 11 is 0.257. The fourth-order valence-electron chi connectivity index (χ4n) is 2.68. The van der Waals surface area contributed by atoms with Gasteiger partial charge >= 0.3 is 151 Å². The van der Waals surface area contributed by atoms with Crippen LogP contribution in [0.25, 0.3) is 0 Å². The summed E-state index contributed by atoms with van der Waals surface area (Å²) in [6.07, 6.45) is 1.89. The quantitative estimate of drug-likeness (QED) is 0.733. The van der Waals surface area contributed by atoms with Crippen molar-refractivity contribution in [3.63, 3.8) is 0 Å². The van der Waals surface area contributed by atoms with Crippen molar-refractivity contribution in [1.29, 1.82) is 0 Å². The number of aryl methyl sites for hydroxylation is 1.